The van der Waals surface area contributed by atoms with E-state index in [-0.39, 0.29) is 18.1 Å². The van der Waals surface area contributed by atoms with Crippen molar-refractivity contribution in [2.24, 2.45) is 5.92 Å². The van der Waals surface area contributed by atoms with Crippen molar-refractivity contribution in [2.75, 3.05) is 20.1 Å². The van der Waals surface area contributed by atoms with Gasteiger partial charge in [0.05, 0.1) is 6.10 Å². The summed E-state index contributed by atoms with van der Waals surface area (Å²) in [4.78, 5) is 14.1. The molecule has 0 unspecified atom stereocenters. The lowest BCUT2D eigenvalue weighted by Crippen LogP contribution is -2.42. The quantitative estimate of drug-likeness (QED) is 0.906. The molecule has 4 heteroatoms. The molecule has 108 valence electrons. The molecule has 1 aromatic rings. The normalized spacial score (nSPS) is 29.9. The molecule has 0 bridgehead atoms. The van der Waals surface area contributed by atoms with Crippen molar-refractivity contribution >= 4 is 5.91 Å². The van der Waals surface area contributed by atoms with Gasteiger partial charge in [-0.1, -0.05) is 30.3 Å². The highest BCUT2D eigenvalue weighted by Gasteiger charge is 2.41. The van der Waals surface area contributed by atoms with Crippen molar-refractivity contribution in [3.05, 3.63) is 35.9 Å². The Morgan fingerprint density at radius 2 is 2.20 bits per heavy atom. The maximum atomic E-state index is 11.7. The molecule has 2 saturated heterocycles. The number of nitrogens with one attached hydrogen (secondary N) is 1. The van der Waals surface area contributed by atoms with E-state index in [1.54, 1.807) is 7.05 Å². The summed E-state index contributed by atoms with van der Waals surface area (Å²) in [5.41, 5.74) is 1.34. The zero-order valence-corrected chi connectivity index (χ0v) is 11.9. The maximum Gasteiger partial charge on any atom is 0.248 e. The van der Waals surface area contributed by atoms with Crippen LogP contribution in [0, 0.1) is 5.92 Å². The van der Waals surface area contributed by atoms with Crippen molar-refractivity contribution in [3.63, 3.8) is 0 Å². The minimum Gasteiger partial charge on any atom is -0.364 e. The molecule has 2 aliphatic heterocycles. The van der Waals surface area contributed by atoms with Crippen LogP contribution >= 0.6 is 0 Å². The van der Waals surface area contributed by atoms with Gasteiger partial charge in [0.1, 0.15) is 6.10 Å². The van der Waals surface area contributed by atoms with Crippen molar-refractivity contribution in [3.8, 4) is 0 Å². The van der Waals surface area contributed by atoms with Crippen molar-refractivity contribution < 1.29 is 9.53 Å². The Hall–Kier alpha value is -1.39. The van der Waals surface area contributed by atoms with Crippen molar-refractivity contribution in [1.29, 1.82) is 0 Å². The number of carbonyl (C=O) groups excluding carboxylic acids is 1. The first-order valence-corrected chi connectivity index (χ1v) is 7.39. The van der Waals surface area contributed by atoms with Gasteiger partial charge in [0.25, 0.3) is 0 Å². The fraction of sp³-hybridized carbons (Fsp3) is 0.562. The Balaban J connectivity index is 1.57. The third-order valence-electron chi connectivity index (χ3n) is 4.42. The minimum atomic E-state index is -0.244. The number of carbonyl (C=O) groups is 1. The van der Waals surface area contributed by atoms with Crippen LogP contribution in [0.2, 0.25) is 0 Å². The number of likely N-dealkylation sites (tertiary alicyclic amines) is 1. The van der Waals surface area contributed by atoms with E-state index in [1.807, 2.05) is 6.07 Å². The van der Waals surface area contributed by atoms with Gasteiger partial charge in [-0.25, -0.2) is 0 Å². The number of amides is 1. The summed E-state index contributed by atoms with van der Waals surface area (Å²) >= 11 is 0. The first-order valence-electron chi connectivity index (χ1n) is 7.39. The maximum absolute atomic E-state index is 11.7. The second-order valence-corrected chi connectivity index (χ2v) is 5.78. The van der Waals surface area contributed by atoms with Gasteiger partial charge in [-0.05, 0) is 30.9 Å². The van der Waals surface area contributed by atoms with Crippen LogP contribution < -0.4 is 5.32 Å². The predicted molar refractivity (Wildman–Crippen MR) is 77.2 cm³/mol. The molecule has 2 aliphatic rings. The van der Waals surface area contributed by atoms with E-state index in [2.05, 4.69) is 34.5 Å². The standard InChI is InChI=1S/C16H22N2O2/c1-17-16(19)14-9-13-7-8-18(11-15(13)20-14)10-12-5-3-2-4-6-12/h2-6,13-15H,7-11H2,1H3,(H,17,19)/t13-,14+,15-/m1/s1. The van der Waals surface area contributed by atoms with E-state index in [0.717, 1.165) is 32.5 Å². The van der Waals surface area contributed by atoms with E-state index in [0.29, 0.717) is 5.92 Å². The summed E-state index contributed by atoms with van der Waals surface area (Å²) in [6.07, 6.45) is 1.98. The molecule has 0 aromatic heterocycles. The number of likely N-dealkylation sites (N-methyl/N-ethyl adjacent to an activating group) is 1. The van der Waals surface area contributed by atoms with E-state index >= 15 is 0 Å². The summed E-state index contributed by atoms with van der Waals surface area (Å²) in [6.45, 7) is 3.00. The number of nitrogens with zero attached hydrogens (tertiary/aromatic N) is 1. The van der Waals surface area contributed by atoms with Crippen LogP contribution in [0.1, 0.15) is 18.4 Å². The first kappa shape index (κ1) is 13.6. The molecule has 0 spiro atoms. The Morgan fingerprint density at radius 3 is 2.95 bits per heavy atom. The fourth-order valence-corrected chi connectivity index (χ4v) is 3.31. The Labute approximate surface area is 120 Å². The van der Waals surface area contributed by atoms with Gasteiger partial charge in [0, 0.05) is 20.1 Å². The highest BCUT2D eigenvalue weighted by molar-refractivity contribution is 5.80. The zero-order chi connectivity index (χ0) is 13.9. The summed E-state index contributed by atoms with van der Waals surface area (Å²) in [6, 6.07) is 10.5. The van der Waals surface area contributed by atoms with Crippen molar-refractivity contribution in [2.45, 2.75) is 31.6 Å². The Bertz CT molecular complexity index is 463. The Morgan fingerprint density at radius 1 is 1.40 bits per heavy atom. The van der Waals surface area contributed by atoms with Gasteiger partial charge in [-0.15, -0.1) is 0 Å². The lowest BCUT2D eigenvalue weighted by Gasteiger charge is -2.34. The molecule has 0 radical (unpaired) electrons. The van der Waals surface area contributed by atoms with Crippen LogP contribution in [-0.2, 0) is 16.1 Å². The van der Waals surface area contributed by atoms with Crippen LogP contribution in [0.5, 0.6) is 0 Å². The van der Waals surface area contributed by atoms with Crippen LogP contribution in [0.3, 0.4) is 0 Å². The third kappa shape index (κ3) is 2.86. The number of hydrogen-bond donors (Lipinski definition) is 1. The summed E-state index contributed by atoms with van der Waals surface area (Å²) < 4.78 is 5.93. The average molecular weight is 274 g/mol. The molecule has 1 N–H and O–H groups in total. The first-order chi connectivity index (χ1) is 9.76. The topological polar surface area (TPSA) is 41.6 Å². The molecule has 4 nitrogen and oxygen atoms in total. The van der Waals surface area contributed by atoms with Crippen LogP contribution in [0.4, 0.5) is 0 Å². The smallest absolute Gasteiger partial charge is 0.248 e. The number of benzene rings is 1. The number of fused-ring (bicyclic) bond motifs is 1. The lowest BCUT2D eigenvalue weighted by atomic mass is 9.91. The molecule has 1 aromatic carbocycles. The van der Waals surface area contributed by atoms with Crippen LogP contribution in [0.15, 0.2) is 30.3 Å². The lowest BCUT2D eigenvalue weighted by molar-refractivity contribution is -0.132. The summed E-state index contributed by atoms with van der Waals surface area (Å²) in [5, 5.41) is 2.69. The molecule has 20 heavy (non-hydrogen) atoms. The van der Waals surface area contributed by atoms with Gasteiger partial charge in [-0.2, -0.15) is 0 Å². The molecule has 2 fully saturated rings. The third-order valence-corrected chi connectivity index (χ3v) is 4.42. The van der Waals surface area contributed by atoms with Crippen LogP contribution in [0.25, 0.3) is 0 Å². The number of hydrogen-bond acceptors (Lipinski definition) is 3. The second-order valence-electron chi connectivity index (χ2n) is 5.78. The van der Waals surface area contributed by atoms with Crippen molar-refractivity contribution in [1.82, 2.24) is 10.2 Å². The highest BCUT2D eigenvalue weighted by Crippen LogP contribution is 2.33. The summed E-state index contributed by atoms with van der Waals surface area (Å²) in [7, 11) is 1.68. The fourth-order valence-electron chi connectivity index (χ4n) is 3.31. The van der Waals surface area contributed by atoms with Gasteiger partial charge in [-0.3, -0.25) is 9.69 Å². The van der Waals surface area contributed by atoms with Crippen LogP contribution in [-0.4, -0.2) is 43.2 Å². The highest BCUT2D eigenvalue weighted by atomic mass is 16.5. The van der Waals surface area contributed by atoms with E-state index < -0.39 is 0 Å². The number of ether oxygens (including phenoxy) is 1. The van der Waals surface area contributed by atoms with E-state index in [1.165, 1.54) is 5.56 Å². The molecular formula is C16H22N2O2. The second kappa shape index (κ2) is 5.94. The molecular weight excluding hydrogens is 252 g/mol. The molecule has 0 aliphatic carbocycles. The minimum absolute atomic E-state index is 0.0222. The zero-order valence-electron chi connectivity index (χ0n) is 11.9. The largest absolute Gasteiger partial charge is 0.364 e. The molecule has 3 atom stereocenters. The average Bonchev–Trinajstić information content (AvgIpc) is 2.90. The number of rotatable bonds is 3. The SMILES string of the molecule is CNC(=O)[C@@H]1C[C@H]2CCN(Cc3ccccc3)C[C@H]2O1. The molecule has 0 saturated carbocycles. The van der Waals surface area contributed by atoms with E-state index in [9.17, 15) is 4.79 Å². The van der Waals surface area contributed by atoms with Gasteiger partial charge in [0.15, 0.2) is 0 Å². The molecule has 3 rings (SSSR count). The van der Waals surface area contributed by atoms with Gasteiger partial charge in [0.2, 0.25) is 5.91 Å². The predicted octanol–water partition coefficient (Wildman–Crippen LogP) is 1.41. The molecule has 1 amide bonds. The summed E-state index contributed by atoms with van der Waals surface area (Å²) in [5.74, 6) is 0.568. The molecule has 2 heterocycles. The van der Waals surface area contributed by atoms with E-state index in [4.69, 9.17) is 4.74 Å². The Kier molecular flexibility index (Phi) is 4.03. The van der Waals surface area contributed by atoms with Gasteiger partial charge >= 0.3 is 0 Å². The van der Waals surface area contributed by atoms with Gasteiger partial charge < -0.3 is 10.1 Å². The monoisotopic (exact) mass is 274 g/mol. The number of piperidine rings is 1.